The Kier molecular flexibility index (Phi) is 3.69. The minimum absolute atomic E-state index is 0.204. The molecule has 0 bridgehead atoms. The number of phenolic OH excluding ortho intramolecular Hbond substituents is 1. The van der Waals surface area contributed by atoms with Crippen LogP contribution in [0.1, 0.15) is 19.8 Å². The summed E-state index contributed by atoms with van der Waals surface area (Å²) in [5.74, 6) is 0.204. The van der Waals surface area contributed by atoms with Crippen molar-refractivity contribution in [1.82, 2.24) is 9.78 Å². The Labute approximate surface area is 106 Å². The van der Waals surface area contributed by atoms with Crippen molar-refractivity contribution in [3.63, 3.8) is 0 Å². The number of nitrogens with zero attached hydrogens (tertiary/aromatic N) is 2. The van der Waals surface area contributed by atoms with Crippen molar-refractivity contribution in [2.24, 2.45) is 0 Å². The van der Waals surface area contributed by atoms with Gasteiger partial charge in [0.25, 0.3) is 0 Å². The largest absolute Gasteiger partial charge is 0.507 e. The van der Waals surface area contributed by atoms with E-state index in [4.69, 9.17) is 11.6 Å². The zero-order valence-electron chi connectivity index (χ0n) is 9.73. The maximum absolute atomic E-state index is 9.77. The van der Waals surface area contributed by atoms with E-state index in [-0.39, 0.29) is 5.75 Å². The molecule has 1 N–H and O–H groups in total. The summed E-state index contributed by atoms with van der Waals surface area (Å²) < 4.78 is 1.89. The molecule has 0 amide bonds. The fourth-order valence-electron chi connectivity index (χ4n) is 1.66. The molecule has 4 heteroatoms. The third-order valence-corrected chi connectivity index (χ3v) is 2.85. The number of aryl methyl sites for hydroxylation is 1. The molecule has 1 heterocycles. The molecule has 0 saturated heterocycles. The number of phenols is 1. The zero-order chi connectivity index (χ0) is 12.3. The van der Waals surface area contributed by atoms with Crippen LogP contribution in [0.4, 0.5) is 0 Å². The molecular formula is C13H15ClN2O. The van der Waals surface area contributed by atoms with E-state index in [9.17, 15) is 5.11 Å². The van der Waals surface area contributed by atoms with Gasteiger partial charge in [-0.15, -0.1) is 0 Å². The Balaban J connectivity index is 2.27. The van der Waals surface area contributed by atoms with E-state index in [0.29, 0.717) is 10.6 Å². The standard InChI is InChI=1S/C13H15ClN2O/c1-2-3-7-16-8-6-12(15-16)11-9-10(14)4-5-13(11)17/h4-6,8-9,17H,2-3,7H2,1H3. The van der Waals surface area contributed by atoms with Crippen LogP contribution in [0, 0.1) is 0 Å². The number of aromatic hydroxyl groups is 1. The molecule has 3 nitrogen and oxygen atoms in total. The SMILES string of the molecule is CCCCn1ccc(-c2cc(Cl)ccc2O)n1. The van der Waals surface area contributed by atoms with Crippen LogP contribution in [0.2, 0.25) is 5.02 Å². The third kappa shape index (κ3) is 2.80. The molecule has 2 aromatic rings. The zero-order valence-corrected chi connectivity index (χ0v) is 10.5. The average Bonchev–Trinajstić information content (AvgIpc) is 2.78. The van der Waals surface area contributed by atoms with E-state index in [1.54, 1.807) is 18.2 Å². The van der Waals surface area contributed by atoms with E-state index in [1.165, 1.54) is 0 Å². The van der Waals surface area contributed by atoms with E-state index >= 15 is 0 Å². The average molecular weight is 251 g/mol. The number of unbranched alkanes of at least 4 members (excludes halogenated alkanes) is 1. The Bertz CT molecular complexity index is 508. The van der Waals surface area contributed by atoms with Crippen molar-refractivity contribution < 1.29 is 5.11 Å². The van der Waals surface area contributed by atoms with Gasteiger partial charge in [0.1, 0.15) is 5.75 Å². The number of rotatable bonds is 4. The summed E-state index contributed by atoms with van der Waals surface area (Å²) >= 11 is 5.91. The van der Waals surface area contributed by atoms with Gasteiger partial charge in [-0.05, 0) is 30.7 Å². The maximum atomic E-state index is 9.77. The van der Waals surface area contributed by atoms with E-state index in [1.807, 2.05) is 16.9 Å². The lowest BCUT2D eigenvalue weighted by atomic mass is 10.1. The normalized spacial score (nSPS) is 10.7. The van der Waals surface area contributed by atoms with Gasteiger partial charge in [-0.1, -0.05) is 24.9 Å². The van der Waals surface area contributed by atoms with Crippen molar-refractivity contribution in [2.45, 2.75) is 26.3 Å². The molecule has 1 aromatic heterocycles. The molecule has 2 rings (SSSR count). The second-order valence-corrected chi connectivity index (χ2v) is 4.42. The maximum Gasteiger partial charge on any atom is 0.125 e. The van der Waals surface area contributed by atoms with Gasteiger partial charge in [0, 0.05) is 23.3 Å². The minimum Gasteiger partial charge on any atom is -0.507 e. The second-order valence-electron chi connectivity index (χ2n) is 3.98. The van der Waals surface area contributed by atoms with Crippen molar-refractivity contribution in [3.8, 4) is 17.0 Å². The summed E-state index contributed by atoms with van der Waals surface area (Å²) in [7, 11) is 0. The van der Waals surface area contributed by atoms with Gasteiger partial charge in [0.15, 0.2) is 0 Å². The van der Waals surface area contributed by atoms with Crippen LogP contribution in [0.15, 0.2) is 30.5 Å². The van der Waals surface area contributed by atoms with Crippen molar-refractivity contribution in [2.75, 3.05) is 0 Å². The molecule has 17 heavy (non-hydrogen) atoms. The minimum atomic E-state index is 0.204. The molecule has 0 spiro atoms. The summed E-state index contributed by atoms with van der Waals surface area (Å²) in [6.45, 7) is 3.05. The molecule has 0 saturated carbocycles. The summed E-state index contributed by atoms with van der Waals surface area (Å²) in [6, 6.07) is 6.86. The first-order valence-electron chi connectivity index (χ1n) is 5.73. The van der Waals surface area contributed by atoms with Crippen molar-refractivity contribution in [3.05, 3.63) is 35.5 Å². The molecule has 0 aliphatic heterocycles. The molecule has 0 aliphatic rings. The van der Waals surface area contributed by atoms with E-state index in [2.05, 4.69) is 12.0 Å². The molecule has 0 aliphatic carbocycles. The third-order valence-electron chi connectivity index (χ3n) is 2.62. The summed E-state index contributed by atoms with van der Waals surface area (Å²) in [5.41, 5.74) is 1.42. The van der Waals surface area contributed by atoms with Crippen LogP contribution >= 0.6 is 11.6 Å². The Morgan fingerprint density at radius 2 is 2.18 bits per heavy atom. The molecule has 0 unspecified atom stereocenters. The highest BCUT2D eigenvalue weighted by Crippen LogP contribution is 2.30. The molecule has 1 aromatic carbocycles. The highest BCUT2D eigenvalue weighted by molar-refractivity contribution is 6.30. The van der Waals surface area contributed by atoms with Gasteiger partial charge in [0.05, 0.1) is 5.69 Å². The van der Waals surface area contributed by atoms with Gasteiger partial charge in [-0.25, -0.2) is 0 Å². The smallest absolute Gasteiger partial charge is 0.125 e. The molecule has 90 valence electrons. The lowest BCUT2D eigenvalue weighted by Crippen LogP contribution is -1.98. The first kappa shape index (κ1) is 12.0. The van der Waals surface area contributed by atoms with Gasteiger partial charge < -0.3 is 5.11 Å². The van der Waals surface area contributed by atoms with Crippen LogP contribution in [-0.2, 0) is 6.54 Å². The highest BCUT2D eigenvalue weighted by Gasteiger charge is 2.08. The van der Waals surface area contributed by atoms with Crippen molar-refractivity contribution >= 4 is 11.6 Å². The summed E-state index contributed by atoms with van der Waals surface area (Å²) in [5, 5.41) is 14.8. The lowest BCUT2D eigenvalue weighted by Gasteiger charge is -2.02. The Morgan fingerprint density at radius 3 is 2.94 bits per heavy atom. The highest BCUT2D eigenvalue weighted by atomic mass is 35.5. The molecule has 0 atom stereocenters. The van der Waals surface area contributed by atoms with Gasteiger partial charge >= 0.3 is 0 Å². The molecule has 0 radical (unpaired) electrons. The fraction of sp³-hybridized carbons (Fsp3) is 0.308. The number of benzene rings is 1. The topological polar surface area (TPSA) is 38.0 Å². The first-order chi connectivity index (χ1) is 8.20. The first-order valence-corrected chi connectivity index (χ1v) is 6.11. The van der Waals surface area contributed by atoms with Gasteiger partial charge in [-0.2, -0.15) is 5.10 Å². The van der Waals surface area contributed by atoms with Crippen LogP contribution in [0.3, 0.4) is 0 Å². The van der Waals surface area contributed by atoms with Crippen LogP contribution < -0.4 is 0 Å². The lowest BCUT2D eigenvalue weighted by molar-refractivity contribution is 0.477. The summed E-state index contributed by atoms with van der Waals surface area (Å²) in [4.78, 5) is 0. The van der Waals surface area contributed by atoms with Crippen molar-refractivity contribution in [1.29, 1.82) is 0 Å². The number of aromatic nitrogens is 2. The summed E-state index contributed by atoms with van der Waals surface area (Å²) in [6.07, 6.45) is 4.16. The number of hydrogen-bond donors (Lipinski definition) is 1. The monoisotopic (exact) mass is 250 g/mol. The van der Waals surface area contributed by atoms with Crippen LogP contribution in [0.5, 0.6) is 5.75 Å². The van der Waals surface area contributed by atoms with Gasteiger partial charge in [0.2, 0.25) is 0 Å². The molecular weight excluding hydrogens is 236 g/mol. The Morgan fingerprint density at radius 1 is 1.35 bits per heavy atom. The van der Waals surface area contributed by atoms with Crippen LogP contribution in [-0.4, -0.2) is 14.9 Å². The van der Waals surface area contributed by atoms with E-state index < -0.39 is 0 Å². The number of hydrogen-bond acceptors (Lipinski definition) is 2. The predicted molar refractivity (Wildman–Crippen MR) is 69.2 cm³/mol. The Hall–Kier alpha value is -1.48. The quantitative estimate of drug-likeness (QED) is 0.898. The second kappa shape index (κ2) is 5.23. The fourth-order valence-corrected chi connectivity index (χ4v) is 1.84. The van der Waals surface area contributed by atoms with Gasteiger partial charge in [-0.3, -0.25) is 4.68 Å². The number of halogens is 1. The molecule has 0 fully saturated rings. The van der Waals surface area contributed by atoms with E-state index in [0.717, 1.165) is 25.1 Å². The van der Waals surface area contributed by atoms with Crippen LogP contribution in [0.25, 0.3) is 11.3 Å². The predicted octanol–water partition coefficient (Wildman–Crippen LogP) is 3.71.